The average molecular weight is 367 g/mol. The van der Waals surface area contributed by atoms with E-state index in [2.05, 4.69) is 10.2 Å². The van der Waals surface area contributed by atoms with Crippen molar-refractivity contribution in [1.29, 1.82) is 0 Å². The predicted octanol–water partition coefficient (Wildman–Crippen LogP) is 5.25. The first-order chi connectivity index (χ1) is 11.2. The first kappa shape index (κ1) is 16.2. The summed E-state index contributed by atoms with van der Waals surface area (Å²) in [7, 11) is 0. The summed E-state index contributed by atoms with van der Waals surface area (Å²) in [6.07, 6.45) is 0. The van der Waals surface area contributed by atoms with Gasteiger partial charge in [-0.05, 0) is 23.8 Å². The minimum atomic E-state index is 0.170. The molecule has 2 aromatic carbocycles. The van der Waals surface area contributed by atoms with Crippen molar-refractivity contribution in [2.75, 3.05) is 0 Å². The summed E-state index contributed by atoms with van der Waals surface area (Å²) in [5, 5.41) is 9.68. The summed E-state index contributed by atoms with van der Waals surface area (Å²) < 4.78 is 11.1. The smallest absolute Gasteiger partial charge is 0.277 e. The molecule has 0 fully saturated rings. The van der Waals surface area contributed by atoms with E-state index in [0.29, 0.717) is 27.6 Å². The number of thioether (sulfide) groups is 1. The van der Waals surface area contributed by atoms with Gasteiger partial charge in [0.25, 0.3) is 11.1 Å². The highest BCUT2D eigenvalue weighted by atomic mass is 35.5. The number of aromatic nitrogens is 2. The molecule has 0 amide bonds. The molecule has 1 heterocycles. The van der Waals surface area contributed by atoms with Crippen LogP contribution in [0.25, 0.3) is 0 Å². The van der Waals surface area contributed by atoms with Crippen molar-refractivity contribution in [3.63, 3.8) is 0 Å². The predicted molar refractivity (Wildman–Crippen MR) is 91.1 cm³/mol. The third kappa shape index (κ3) is 4.41. The van der Waals surface area contributed by atoms with E-state index in [-0.39, 0.29) is 6.61 Å². The molecule has 0 aliphatic rings. The minimum Gasteiger partial charge on any atom is -0.482 e. The average Bonchev–Trinajstić information content (AvgIpc) is 3.01. The second-order valence-corrected chi connectivity index (χ2v) is 6.30. The zero-order valence-corrected chi connectivity index (χ0v) is 14.2. The molecule has 0 saturated carbocycles. The molecule has 0 saturated heterocycles. The Morgan fingerprint density at radius 2 is 1.70 bits per heavy atom. The van der Waals surface area contributed by atoms with Gasteiger partial charge in [0, 0.05) is 10.8 Å². The Balaban J connectivity index is 1.56. The molecule has 0 aliphatic heterocycles. The van der Waals surface area contributed by atoms with Crippen molar-refractivity contribution < 1.29 is 9.15 Å². The van der Waals surface area contributed by atoms with Crippen LogP contribution in [-0.4, -0.2) is 10.2 Å². The zero-order chi connectivity index (χ0) is 16.1. The lowest BCUT2D eigenvalue weighted by Gasteiger charge is -2.04. The minimum absolute atomic E-state index is 0.170. The third-order valence-corrected chi connectivity index (χ3v) is 4.49. The summed E-state index contributed by atoms with van der Waals surface area (Å²) in [5.41, 5.74) is 1.02. The second-order valence-electron chi connectivity index (χ2n) is 4.56. The van der Waals surface area contributed by atoms with Crippen LogP contribution < -0.4 is 4.74 Å². The Labute approximate surface area is 147 Å². The van der Waals surface area contributed by atoms with Crippen LogP contribution in [0.2, 0.25) is 10.0 Å². The maximum atomic E-state index is 6.12. The van der Waals surface area contributed by atoms with Gasteiger partial charge in [-0.15, -0.1) is 10.2 Å². The van der Waals surface area contributed by atoms with Gasteiger partial charge in [-0.3, -0.25) is 0 Å². The van der Waals surface area contributed by atoms with Crippen LogP contribution in [0.15, 0.2) is 58.2 Å². The van der Waals surface area contributed by atoms with Gasteiger partial charge >= 0.3 is 0 Å². The fraction of sp³-hybridized carbons (Fsp3) is 0.125. The lowest BCUT2D eigenvalue weighted by Crippen LogP contribution is -1.95. The fourth-order valence-corrected chi connectivity index (χ4v) is 3.07. The van der Waals surface area contributed by atoms with Crippen molar-refractivity contribution >= 4 is 35.0 Å². The molecule has 3 aromatic rings. The number of rotatable bonds is 6. The normalized spacial score (nSPS) is 10.7. The number of halogens is 2. The molecule has 23 heavy (non-hydrogen) atoms. The Bertz CT molecular complexity index is 731. The maximum absolute atomic E-state index is 6.12. The lowest BCUT2D eigenvalue weighted by molar-refractivity contribution is 0.252. The first-order valence-electron chi connectivity index (χ1n) is 6.78. The Morgan fingerprint density at radius 1 is 0.957 bits per heavy atom. The van der Waals surface area contributed by atoms with Gasteiger partial charge in [-0.1, -0.05) is 65.3 Å². The van der Waals surface area contributed by atoms with Gasteiger partial charge in [0.1, 0.15) is 5.75 Å². The van der Waals surface area contributed by atoms with Gasteiger partial charge < -0.3 is 9.15 Å². The molecule has 1 aromatic heterocycles. The SMILES string of the molecule is Clc1ccccc1CSc1nnc(COc2ccccc2Cl)o1. The van der Waals surface area contributed by atoms with Crippen LogP contribution in [0.4, 0.5) is 0 Å². The summed E-state index contributed by atoms with van der Waals surface area (Å²) >= 11 is 13.6. The number of hydrogen-bond donors (Lipinski definition) is 0. The monoisotopic (exact) mass is 366 g/mol. The second kappa shape index (κ2) is 7.73. The quantitative estimate of drug-likeness (QED) is 0.557. The van der Waals surface area contributed by atoms with Gasteiger partial charge in [0.2, 0.25) is 0 Å². The zero-order valence-electron chi connectivity index (χ0n) is 11.9. The highest BCUT2D eigenvalue weighted by Gasteiger charge is 2.09. The number of nitrogens with zero attached hydrogens (tertiary/aromatic N) is 2. The number of para-hydroxylation sites is 1. The number of hydrogen-bond acceptors (Lipinski definition) is 5. The molecule has 0 atom stereocenters. The van der Waals surface area contributed by atoms with E-state index in [1.165, 1.54) is 11.8 Å². The molecule has 3 rings (SSSR count). The molecule has 0 unspecified atom stereocenters. The summed E-state index contributed by atoms with van der Waals surface area (Å²) in [5.74, 6) is 1.64. The Kier molecular flexibility index (Phi) is 5.43. The van der Waals surface area contributed by atoms with Crippen molar-refractivity contribution in [2.24, 2.45) is 0 Å². The maximum Gasteiger partial charge on any atom is 0.277 e. The van der Waals surface area contributed by atoms with E-state index < -0.39 is 0 Å². The van der Waals surface area contributed by atoms with E-state index in [9.17, 15) is 0 Å². The summed E-state index contributed by atoms with van der Waals surface area (Å²) in [4.78, 5) is 0. The molecule has 0 aliphatic carbocycles. The van der Waals surface area contributed by atoms with Crippen LogP contribution in [-0.2, 0) is 12.4 Å². The number of ether oxygens (including phenoxy) is 1. The summed E-state index contributed by atoms with van der Waals surface area (Å²) in [6.45, 7) is 0.170. The van der Waals surface area contributed by atoms with Crippen LogP contribution in [0.3, 0.4) is 0 Å². The van der Waals surface area contributed by atoms with Gasteiger partial charge in [0.05, 0.1) is 5.02 Å². The molecule has 0 spiro atoms. The molecule has 0 radical (unpaired) electrons. The largest absolute Gasteiger partial charge is 0.482 e. The van der Waals surface area contributed by atoms with E-state index in [0.717, 1.165) is 10.6 Å². The number of benzene rings is 2. The van der Waals surface area contributed by atoms with Gasteiger partial charge in [-0.25, -0.2) is 0 Å². The van der Waals surface area contributed by atoms with Crippen LogP contribution in [0, 0.1) is 0 Å². The molecule has 0 N–H and O–H groups in total. The highest BCUT2D eigenvalue weighted by molar-refractivity contribution is 7.98. The van der Waals surface area contributed by atoms with Gasteiger partial charge in [-0.2, -0.15) is 0 Å². The van der Waals surface area contributed by atoms with Crippen molar-refractivity contribution in [2.45, 2.75) is 17.6 Å². The van der Waals surface area contributed by atoms with Crippen molar-refractivity contribution in [3.05, 3.63) is 70.0 Å². The molecule has 118 valence electrons. The lowest BCUT2D eigenvalue weighted by atomic mass is 10.2. The molecule has 0 bridgehead atoms. The highest BCUT2D eigenvalue weighted by Crippen LogP contribution is 2.27. The standard InChI is InChI=1S/C16H12Cl2N2O2S/c17-12-6-2-1-5-11(12)10-23-16-20-19-15(22-16)9-21-14-8-4-3-7-13(14)18/h1-8H,9-10H2. The molecular weight excluding hydrogens is 355 g/mol. The van der Waals surface area contributed by atoms with Crippen LogP contribution in [0.1, 0.15) is 11.5 Å². The van der Waals surface area contributed by atoms with E-state index in [1.807, 2.05) is 36.4 Å². The fourth-order valence-electron chi connectivity index (χ4n) is 1.81. The van der Waals surface area contributed by atoms with Crippen LogP contribution >= 0.6 is 35.0 Å². The van der Waals surface area contributed by atoms with Crippen molar-refractivity contribution in [1.82, 2.24) is 10.2 Å². The van der Waals surface area contributed by atoms with Crippen molar-refractivity contribution in [3.8, 4) is 5.75 Å². The third-order valence-electron chi connectivity index (χ3n) is 2.95. The topological polar surface area (TPSA) is 48.2 Å². The van der Waals surface area contributed by atoms with Gasteiger partial charge in [0.15, 0.2) is 6.61 Å². The Hall–Kier alpha value is -1.69. The Morgan fingerprint density at radius 3 is 2.48 bits per heavy atom. The first-order valence-corrected chi connectivity index (χ1v) is 8.52. The van der Waals surface area contributed by atoms with E-state index >= 15 is 0 Å². The van der Waals surface area contributed by atoms with E-state index in [1.54, 1.807) is 12.1 Å². The van der Waals surface area contributed by atoms with Crippen LogP contribution in [0.5, 0.6) is 5.75 Å². The molecule has 7 heteroatoms. The summed E-state index contributed by atoms with van der Waals surface area (Å²) in [6, 6.07) is 14.9. The molecule has 4 nitrogen and oxygen atoms in total. The molecular formula is C16H12Cl2N2O2S. The van der Waals surface area contributed by atoms with E-state index in [4.69, 9.17) is 32.4 Å².